The molecule has 12 heteroatoms. The number of nitro benzene ring substituents is 1. The van der Waals surface area contributed by atoms with Crippen molar-refractivity contribution in [1.82, 2.24) is 0 Å². The maximum atomic E-state index is 14.4. The Morgan fingerprint density at radius 2 is 1.32 bits per heavy atom. The van der Waals surface area contributed by atoms with Crippen LogP contribution in [0.15, 0.2) is 12.7 Å². The molecule has 0 bridgehead atoms. The van der Waals surface area contributed by atoms with Crippen molar-refractivity contribution in [1.29, 1.82) is 0 Å². The molecule has 0 fully saturated rings. The van der Waals surface area contributed by atoms with Crippen LogP contribution >= 0.6 is 0 Å². The molecule has 150 valence electrons. The Labute approximate surface area is 151 Å². The van der Waals surface area contributed by atoms with E-state index in [9.17, 15) is 40.8 Å². The average molecular weight is 411 g/mol. The molecular weight excluding hydrogens is 403 g/mol. The molecule has 0 atom stereocenters. The average Bonchev–Trinajstić information content (AvgIpc) is 2.64. The van der Waals surface area contributed by atoms with Gasteiger partial charge in [-0.25, -0.2) is 4.39 Å². The molecule has 28 heavy (non-hydrogen) atoms. The molecule has 0 aliphatic heterocycles. The molecule has 0 amide bonds. The smallest absolute Gasteiger partial charge is 0.346 e. The van der Waals surface area contributed by atoms with Crippen molar-refractivity contribution in [3.63, 3.8) is 0 Å². The Kier molecular flexibility index (Phi) is 5.81. The van der Waals surface area contributed by atoms with Gasteiger partial charge in [0.25, 0.3) is 0 Å². The summed E-state index contributed by atoms with van der Waals surface area (Å²) in [6.45, 7) is 3.78. The van der Waals surface area contributed by atoms with Gasteiger partial charge in [-0.3, -0.25) is 10.1 Å². The molecule has 0 spiro atoms. The normalized spacial score (nSPS) is 10.7. The zero-order valence-corrected chi connectivity index (χ0v) is 13.7. The summed E-state index contributed by atoms with van der Waals surface area (Å²) < 4.78 is 106. The third kappa shape index (κ3) is 3.32. The maximum absolute atomic E-state index is 14.4. The molecule has 0 saturated carbocycles. The number of nitrogens with zero attached hydrogens (tertiary/aromatic N) is 1. The lowest BCUT2D eigenvalue weighted by Crippen LogP contribution is -2.09. The summed E-state index contributed by atoms with van der Waals surface area (Å²) in [7, 11) is 0. The van der Waals surface area contributed by atoms with Crippen LogP contribution in [0.5, 0.6) is 17.2 Å². The molecule has 0 aromatic heterocycles. The summed E-state index contributed by atoms with van der Waals surface area (Å²) in [5.74, 6) is -20.3. The van der Waals surface area contributed by atoms with E-state index in [1.54, 1.807) is 0 Å². The summed E-state index contributed by atoms with van der Waals surface area (Å²) >= 11 is 0. The first-order chi connectivity index (χ1) is 13.0. The van der Waals surface area contributed by atoms with E-state index in [0.717, 1.165) is 13.0 Å². The van der Waals surface area contributed by atoms with Crippen molar-refractivity contribution in [3.8, 4) is 17.2 Å². The molecule has 0 unspecified atom stereocenters. The lowest BCUT2D eigenvalue weighted by Gasteiger charge is -2.15. The van der Waals surface area contributed by atoms with Crippen molar-refractivity contribution in [2.75, 3.05) is 6.61 Å². The topological polar surface area (TPSA) is 61.6 Å². The van der Waals surface area contributed by atoms with Gasteiger partial charge in [0.2, 0.25) is 46.4 Å². The molecule has 0 N–H and O–H groups in total. The van der Waals surface area contributed by atoms with Gasteiger partial charge in [0.1, 0.15) is 6.61 Å². The number of rotatable bonds is 6. The van der Waals surface area contributed by atoms with E-state index in [1.807, 2.05) is 0 Å². The van der Waals surface area contributed by atoms with Crippen molar-refractivity contribution in [2.24, 2.45) is 0 Å². The summed E-state index contributed by atoms with van der Waals surface area (Å²) in [5, 5.41) is 10.5. The lowest BCUT2D eigenvalue weighted by atomic mass is 10.1. The van der Waals surface area contributed by atoms with Crippen LogP contribution in [-0.4, -0.2) is 11.5 Å². The van der Waals surface area contributed by atoms with Crippen molar-refractivity contribution >= 4 is 5.69 Å². The van der Waals surface area contributed by atoms with Gasteiger partial charge in [-0.1, -0.05) is 12.7 Å². The molecule has 0 saturated heterocycles. The van der Waals surface area contributed by atoms with Crippen molar-refractivity contribution in [3.05, 3.63) is 69.1 Å². The molecule has 2 aromatic rings. The van der Waals surface area contributed by atoms with Crippen LogP contribution in [-0.2, 0) is 0 Å². The summed E-state index contributed by atoms with van der Waals surface area (Å²) in [6.07, 6.45) is 1.11. The number of hydrogen-bond acceptors (Lipinski definition) is 4. The molecule has 2 rings (SSSR count). The van der Waals surface area contributed by atoms with E-state index in [4.69, 9.17) is 4.74 Å². The fourth-order valence-electron chi connectivity index (χ4n) is 2.08. The van der Waals surface area contributed by atoms with E-state index in [2.05, 4.69) is 11.3 Å². The SMILES string of the molecule is C=CCOc1c(C)c(F)c(F)c(Oc2c(F)c(F)c([N+](=O)[O-])c(F)c2F)c1F. The highest BCUT2D eigenvalue weighted by atomic mass is 19.2. The first-order valence-electron chi connectivity index (χ1n) is 7.13. The van der Waals surface area contributed by atoms with Crippen LogP contribution < -0.4 is 9.47 Å². The van der Waals surface area contributed by atoms with Crippen LogP contribution in [0.1, 0.15) is 5.56 Å². The Bertz CT molecular complexity index is 965. The molecule has 0 heterocycles. The van der Waals surface area contributed by atoms with Gasteiger partial charge >= 0.3 is 5.69 Å². The molecule has 0 aliphatic carbocycles. The van der Waals surface area contributed by atoms with Crippen LogP contribution in [0.25, 0.3) is 0 Å². The molecule has 0 radical (unpaired) electrons. The predicted molar refractivity (Wildman–Crippen MR) is 79.7 cm³/mol. The standard InChI is InChI=1S/C16H8F7NO4/c1-3-4-27-14-5(2)6(17)9(20)16(12(14)23)28-15-10(21)7(18)13(24(25)26)8(19)11(15)22/h3H,1,4H2,2H3. The Morgan fingerprint density at radius 1 is 0.857 bits per heavy atom. The quantitative estimate of drug-likeness (QED) is 0.215. The first kappa shape index (κ1) is 21.0. The zero-order valence-electron chi connectivity index (χ0n) is 13.7. The van der Waals surface area contributed by atoms with E-state index >= 15 is 0 Å². The van der Waals surface area contributed by atoms with Gasteiger partial charge in [0, 0.05) is 5.56 Å². The minimum atomic E-state index is -2.49. The fraction of sp³-hybridized carbons (Fsp3) is 0.125. The van der Waals surface area contributed by atoms with Gasteiger partial charge in [-0.2, -0.15) is 26.3 Å². The summed E-state index contributed by atoms with van der Waals surface area (Å²) in [5.41, 5.74) is -2.86. The van der Waals surface area contributed by atoms with Crippen LogP contribution in [0.3, 0.4) is 0 Å². The van der Waals surface area contributed by atoms with E-state index in [0.29, 0.717) is 0 Å². The highest BCUT2D eigenvalue weighted by Crippen LogP contribution is 2.41. The van der Waals surface area contributed by atoms with Gasteiger partial charge in [0.15, 0.2) is 11.6 Å². The van der Waals surface area contributed by atoms with Crippen molar-refractivity contribution < 1.29 is 45.1 Å². The number of benzene rings is 2. The minimum absolute atomic E-state index is 0.383. The second-order valence-corrected chi connectivity index (χ2v) is 5.12. The Hall–Kier alpha value is -3.31. The maximum Gasteiger partial charge on any atom is 0.346 e. The van der Waals surface area contributed by atoms with Gasteiger partial charge in [0.05, 0.1) is 4.92 Å². The molecule has 0 aliphatic rings. The zero-order chi connectivity index (χ0) is 21.3. The molecular formula is C16H8F7NO4. The summed E-state index contributed by atoms with van der Waals surface area (Å²) in [6, 6.07) is 0. The van der Waals surface area contributed by atoms with Crippen LogP contribution in [0, 0.1) is 57.8 Å². The lowest BCUT2D eigenvalue weighted by molar-refractivity contribution is -0.390. The Balaban J connectivity index is 2.72. The van der Waals surface area contributed by atoms with E-state index in [1.165, 1.54) is 0 Å². The van der Waals surface area contributed by atoms with Gasteiger partial charge in [-0.15, -0.1) is 0 Å². The molecule has 5 nitrogen and oxygen atoms in total. The van der Waals surface area contributed by atoms with E-state index < -0.39 is 74.1 Å². The second kappa shape index (κ2) is 7.74. The van der Waals surface area contributed by atoms with E-state index in [-0.39, 0.29) is 6.61 Å². The highest BCUT2D eigenvalue weighted by molar-refractivity contribution is 5.48. The number of halogens is 7. The fourth-order valence-corrected chi connectivity index (χ4v) is 2.08. The van der Waals surface area contributed by atoms with Crippen LogP contribution in [0.2, 0.25) is 0 Å². The van der Waals surface area contributed by atoms with Crippen LogP contribution in [0.4, 0.5) is 36.4 Å². The Morgan fingerprint density at radius 3 is 1.79 bits per heavy atom. The van der Waals surface area contributed by atoms with Gasteiger partial charge in [-0.05, 0) is 6.92 Å². The number of nitro groups is 1. The third-order valence-corrected chi connectivity index (χ3v) is 3.39. The third-order valence-electron chi connectivity index (χ3n) is 3.39. The van der Waals surface area contributed by atoms with Gasteiger partial charge < -0.3 is 9.47 Å². The molecule has 2 aromatic carbocycles. The number of hydrogen-bond donors (Lipinski definition) is 0. The minimum Gasteiger partial charge on any atom is -0.486 e. The monoisotopic (exact) mass is 411 g/mol. The highest BCUT2D eigenvalue weighted by Gasteiger charge is 2.36. The summed E-state index contributed by atoms with van der Waals surface area (Å²) in [4.78, 5) is 8.75. The predicted octanol–water partition coefficient (Wildman–Crippen LogP) is 5.23. The van der Waals surface area contributed by atoms with Crippen molar-refractivity contribution in [2.45, 2.75) is 6.92 Å². The number of ether oxygens (including phenoxy) is 2. The first-order valence-corrected chi connectivity index (χ1v) is 7.13. The largest absolute Gasteiger partial charge is 0.486 e. The second-order valence-electron chi connectivity index (χ2n) is 5.12.